The van der Waals surface area contributed by atoms with Gasteiger partial charge in [0.15, 0.2) is 6.29 Å². The highest BCUT2D eigenvalue weighted by Gasteiger charge is 2.46. The summed E-state index contributed by atoms with van der Waals surface area (Å²) in [7, 11) is 5.86. The van der Waals surface area contributed by atoms with Crippen LogP contribution in [-0.2, 0) is 33.3 Å². The minimum Gasteiger partial charge on any atom is -0.462 e. The molecule has 8 heteroatoms. The molecule has 3 aliphatic heterocycles. The molecule has 0 N–H and O–H groups in total. The molecule has 0 amide bonds. The zero-order valence-corrected chi connectivity index (χ0v) is 30.2. The summed E-state index contributed by atoms with van der Waals surface area (Å²) in [6.45, 7) is 20.0. The highest BCUT2D eigenvalue weighted by Crippen LogP contribution is 2.39. The number of methoxy groups -OCH3 is 1. The third-order valence-corrected chi connectivity index (χ3v) is 11.2. The van der Waals surface area contributed by atoms with E-state index < -0.39 is 6.29 Å². The minimum atomic E-state index is -0.571. The van der Waals surface area contributed by atoms with Crippen molar-refractivity contribution in [3.8, 4) is 0 Å². The van der Waals surface area contributed by atoms with Crippen molar-refractivity contribution in [3.05, 3.63) is 23.3 Å². The van der Waals surface area contributed by atoms with E-state index in [4.69, 9.17) is 23.7 Å². The molecule has 0 radical (unpaired) electrons. The molecule has 0 spiro atoms. The molecule has 0 aromatic carbocycles. The van der Waals surface area contributed by atoms with Crippen molar-refractivity contribution < 1.29 is 33.3 Å². The summed E-state index contributed by atoms with van der Waals surface area (Å²) in [5.41, 5.74) is 2.33. The number of fused-ring (bicyclic) bond motifs is 1. The first-order chi connectivity index (χ1) is 21.2. The lowest BCUT2D eigenvalue weighted by molar-refractivity contribution is -0.297. The van der Waals surface area contributed by atoms with Gasteiger partial charge in [-0.25, -0.2) is 0 Å². The van der Waals surface area contributed by atoms with Crippen LogP contribution in [0.2, 0.25) is 0 Å². The summed E-state index contributed by atoms with van der Waals surface area (Å²) < 4.78 is 31.7. The van der Waals surface area contributed by atoms with E-state index in [1.165, 1.54) is 5.57 Å². The van der Waals surface area contributed by atoms with Gasteiger partial charge in [-0.05, 0) is 71.0 Å². The standard InChI is InChI=1S/C37H63NO7/c1-13-28-19-42-20-29-31(14-2)44-32(40)18-22(4)25(7)35(24(6)17-23(5)30(39)16-15-21(3)33(28)29)45-37-36(41-12)34(38(10)11)26(8)27(9)43-37/h13,15,22-27,29,31,33-37H,14,16-20H2,1-12H3/b21-15+,28-13+/t22-,23-,24+,25+,26?,27?,29-,31-,33?,34?,35+,36?,37?/m1/s1. The number of cyclic esters (lactones) is 1. The molecule has 0 aromatic heterocycles. The van der Waals surface area contributed by atoms with Crippen LogP contribution in [0.4, 0.5) is 0 Å². The van der Waals surface area contributed by atoms with Gasteiger partial charge in [0.25, 0.3) is 0 Å². The molecule has 0 aromatic rings. The van der Waals surface area contributed by atoms with Gasteiger partial charge in [-0.2, -0.15) is 0 Å². The Morgan fingerprint density at radius 1 is 1.02 bits per heavy atom. The van der Waals surface area contributed by atoms with Crippen LogP contribution >= 0.6 is 0 Å². The van der Waals surface area contributed by atoms with Gasteiger partial charge >= 0.3 is 5.97 Å². The zero-order chi connectivity index (χ0) is 33.6. The maximum absolute atomic E-state index is 13.6. The fourth-order valence-electron chi connectivity index (χ4n) is 8.07. The first-order valence-corrected chi connectivity index (χ1v) is 17.4. The number of rotatable bonds is 5. The number of allylic oxidation sites excluding steroid dienone is 3. The Kier molecular flexibility index (Phi) is 14.3. The molecule has 3 aliphatic rings. The smallest absolute Gasteiger partial charge is 0.306 e. The molecule has 6 unspecified atom stereocenters. The topological polar surface area (TPSA) is 83.5 Å². The normalized spacial score (nSPS) is 43.4. The van der Waals surface area contributed by atoms with Crippen LogP contribution in [-0.4, -0.2) is 87.8 Å². The van der Waals surface area contributed by atoms with Gasteiger partial charge in [-0.15, -0.1) is 0 Å². The summed E-state index contributed by atoms with van der Waals surface area (Å²) in [5, 5.41) is 0. The third-order valence-electron chi connectivity index (χ3n) is 11.2. The molecule has 13 atom stereocenters. The van der Waals surface area contributed by atoms with Gasteiger partial charge in [0.2, 0.25) is 0 Å². The van der Waals surface area contributed by atoms with E-state index in [0.29, 0.717) is 32.5 Å². The second-order valence-corrected chi connectivity index (χ2v) is 14.6. The lowest BCUT2D eigenvalue weighted by atomic mass is 9.75. The van der Waals surface area contributed by atoms with Crippen molar-refractivity contribution in [2.75, 3.05) is 34.4 Å². The number of nitrogens with zero attached hydrogens (tertiary/aromatic N) is 1. The monoisotopic (exact) mass is 633 g/mol. The van der Waals surface area contributed by atoms with Gasteiger partial charge in [-0.1, -0.05) is 59.3 Å². The van der Waals surface area contributed by atoms with Crippen LogP contribution in [0.25, 0.3) is 0 Å². The molecule has 0 bridgehead atoms. The number of hydrogen-bond acceptors (Lipinski definition) is 8. The van der Waals surface area contributed by atoms with Crippen LogP contribution < -0.4 is 0 Å². The number of esters is 1. The predicted octanol–water partition coefficient (Wildman–Crippen LogP) is 6.47. The van der Waals surface area contributed by atoms with E-state index in [0.717, 1.165) is 5.57 Å². The lowest BCUT2D eigenvalue weighted by Gasteiger charge is -2.48. The van der Waals surface area contributed by atoms with Crippen LogP contribution in [0.1, 0.15) is 88.0 Å². The van der Waals surface area contributed by atoms with Gasteiger partial charge in [-0.3, -0.25) is 9.59 Å². The summed E-state index contributed by atoms with van der Waals surface area (Å²) in [4.78, 5) is 29.3. The molecule has 8 nitrogen and oxygen atoms in total. The Morgan fingerprint density at radius 2 is 1.71 bits per heavy atom. The molecular formula is C37H63NO7. The fraction of sp³-hybridized carbons (Fsp3) is 0.838. The summed E-state index contributed by atoms with van der Waals surface area (Å²) in [6, 6.07) is 0.116. The van der Waals surface area contributed by atoms with Crippen molar-refractivity contribution in [2.45, 2.75) is 125 Å². The van der Waals surface area contributed by atoms with Crippen molar-refractivity contribution >= 4 is 11.8 Å². The Labute approximate surface area is 273 Å². The number of hydrogen-bond donors (Lipinski definition) is 0. The molecular weight excluding hydrogens is 570 g/mol. The summed E-state index contributed by atoms with van der Waals surface area (Å²) in [6.07, 6.45) is 4.86. The zero-order valence-electron chi connectivity index (χ0n) is 30.2. The molecule has 3 heterocycles. The number of ketones is 1. The van der Waals surface area contributed by atoms with Crippen molar-refractivity contribution in [3.63, 3.8) is 0 Å². The maximum Gasteiger partial charge on any atom is 0.306 e. The Hall–Kier alpha value is -1.58. The first-order valence-electron chi connectivity index (χ1n) is 17.4. The molecule has 258 valence electrons. The Morgan fingerprint density at radius 3 is 2.31 bits per heavy atom. The quantitative estimate of drug-likeness (QED) is 0.252. The number of ether oxygens (including phenoxy) is 5. The average Bonchev–Trinajstić information content (AvgIpc) is 3.00. The number of carbonyl (C=O) groups excluding carboxylic acids is 2. The van der Waals surface area contributed by atoms with E-state index in [9.17, 15) is 9.59 Å². The van der Waals surface area contributed by atoms with Crippen molar-refractivity contribution in [2.24, 2.45) is 41.4 Å². The minimum absolute atomic E-state index is 0.000988. The second kappa shape index (κ2) is 17.0. The van der Waals surface area contributed by atoms with E-state index in [1.807, 2.05) is 13.8 Å². The highest BCUT2D eigenvalue weighted by molar-refractivity contribution is 5.82. The summed E-state index contributed by atoms with van der Waals surface area (Å²) in [5.74, 6) is 0.284. The van der Waals surface area contributed by atoms with Crippen LogP contribution in [0.3, 0.4) is 0 Å². The second-order valence-electron chi connectivity index (χ2n) is 14.6. The number of likely N-dealkylation sites (N-methyl/N-ethyl adjacent to an activating group) is 1. The first kappa shape index (κ1) is 37.9. The van der Waals surface area contributed by atoms with Crippen LogP contribution in [0.5, 0.6) is 0 Å². The average molecular weight is 634 g/mol. The van der Waals surface area contributed by atoms with Crippen molar-refractivity contribution in [1.29, 1.82) is 0 Å². The lowest BCUT2D eigenvalue weighted by Crippen LogP contribution is -2.60. The fourth-order valence-corrected chi connectivity index (χ4v) is 8.07. The Bertz CT molecular complexity index is 1040. The predicted molar refractivity (Wildman–Crippen MR) is 178 cm³/mol. The molecule has 0 saturated carbocycles. The Balaban J connectivity index is 1.97. The van der Waals surface area contributed by atoms with Gasteiger partial charge < -0.3 is 28.6 Å². The van der Waals surface area contributed by atoms with Gasteiger partial charge in [0.1, 0.15) is 18.0 Å². The van der Waals surface area contributed by atoms with Crippen molar-refractivity contribution in [1.82, 2.24) is 4.90 Å². The third kappa shape index (κ3) is 9.07. The summed E-state index contributed by atoms with van der Waals surface area (Å²) >= 11 is 0. The van der Waals surface area contributed by atoms with Crippen LogP contribution in [0.15, 0.2) is 23.3 Å². The largest absolute Gasteiger partial charge is 0.462 e. The number of carbonyl (C=O) groups is 2. The van der Waals surface area contributed by atoms with E-state index in [2.05, 4.69) is 79.6 Å². The maximum atomic E-state index is 13.6. The molecule has 0 aliphatic carbocycles. The molecule has 2 saturated heterocycles. The molecule has 3 rings (SSSR count). The molecule has 2 fully saturated rings. The molecule has 45 heavy (non-hydrogen) atoms. The highest BCUT2D eigenvalue weighted by atomic mass is 16.7. The van der Waals surface area contributed by atoms with Gasteiger partial charge in [0, 0.05) is 49.7 Å². The van der Waals surface area contributed by atoms with Gasteiger partial charge in [0.05, 0.1) is 25.4 Å². The SMILES string of the molecule is C/C=C1\COC[C@H]2C1/C(C)=C/CC(=O)[C@H](C)C[C@H](C)[C@H](OC1OC(C)C(C)C(N(C)C)C1OC)[C@@H](C)[C@H](C)CC(=O)O[C@@H]2CC. The number of Topliss-reactive ketones (excluding diaryl/α,β-unsaturated/α-hetero) is 1. The van der Waals surface area contributed by atoms with E-state index in [1.54, 1.807) is 7.11 Å². The van der Waals surface area contributed by atoms with E-state index in [-0.39, 0.29) is 90.1 Å². The van der Waals surface area contributed by atoms with E-state index >= 15 is 0 Å². The van der Waals surface area contributed by atoms with Crippen LogP contribution in [0, 0.1) is 41.4 Å².